The van der Waals surface area contributed by atoms with Crippen molar-refractivity contribution in [1.82, 2.24) is 5.32 Å². The first-order chi connectivity index (χ1) is 11.4. The molecule has 0 heterocycles. The van der Waals surface area contributed by atoms with Gasteiger partial charge < -0.3 is 10.1 Å². The fraction of sp³-hybridized carbons (Fsp3) is 0.235. The van der Waals surface area contributed by atoms with E-state index in [1.165, 1.54) is 18.2 Å². The monoisotopic (exact) mass is 373 g/mol. The maximum absolute atomic E-state index is 14.0. The van der Waals surface area contributed by atoms with E-state index in [2.05, 4.69) is 5.32 Å². The molecule has 2 aromatic carbocycles. The lowest BCUT2D eigenvalue weighted by Gasteiger charge is -2.15. The van der Waals surface area contributed by atoms with Gasteiger partial charge in [0.2, 0.25) is 0 Å². The number of hydrogen-bond donors (Lipinski definition) is 1. The quantitative estimate of drug-likeness (QED) is 0.714. The number of carbonyl (C=O) groups excluding carboxylic acids is 1. The van der Waals surface area contributed by atoms with Gasteiger partial charge in [-0.2, -0.15) is 0 Å². The molecule has 7 heteroatoms. The molecule has 0 spiro atoms. The third kappa shape index (κ3) is 4.44. The van der Waals surface area contributed by atoms with Crippen LogP contribution in [0.5, 0.6) is 5.75 Å². The van der Waals surface area contributed by atoms with Crippen LogP contribution in [-0.2, 0) is 11.3 Å². The molecule has 0 fully saturated rings. The van der Waals surface area contributed by atoms with Crippen molar-refractivity contribution < 1.29 is 18.3 Å². The zero-order valence-electron chi connectivity index (χ0n) is 12.8. The van der Waals surface area contributed by atoms with Crippen molar-refractivity contribution in [3.8, 4) is 5.75 Å². The smallest absolute Gasteiger partial charge is 0.298 e. The number of ether oxygens (including phenoxy) is 1. The lowest BCUT2D eigenvalue weighted by atomic mass is 10.0. The first-order valence-electron chi connectivity index (χ1n) is 7.17. The Morgan fingerprint density at radius 1 is 1.25 bits per heavy atom. The van der Waals surface area contributed by atoms with Crippen LogP contribution in [0.1, 0.15) is 24.0 Å². The number of rotatable bonds is 7. The van der Waals surface area contributed by atoms with Gasteiger partial charge in [0.15, 0.2) is 0 Å². The fourth-order valence-corrected chi connectivity index (χ4v) is 2.64. The summed E-state index contributed by atoms with van der Waals surface area (Å²) in [7, 11) is 0. The first kappa shape index (κ1) is 18.6. The molecule has 2 aromatic rings. The zero-order chi connectivity index (χ0) is 17.7. The second-order valence-electron chi connectivity index (χ2n) is 5.26. The van der Waals surface area contributed by atoms with E-state index in [1.54, 1.807) is 12.1 Å². The first-order valence-corrected chi connectivity index (χ1v) is 7.92. The van der Waals surface area contributed by atoms with E-state index in [9.17, 15) is 13.6 Å². The van der Waals surface area contributed by atoms with Crippen LogP contribution in [0.25, 0.3) is 0 Å². The lowest BCUT2D eigenvalue weighted by molar-refractivity contribution is -0.120. The van der Waals surface area contributed by atoms with Crippen molar-refractivity contribution in [3.05, 3.63) is 63.1 Å². The van der Waals surface area contributed by atoms with Crippen LogP contribution in [0.2, 0.25) is 10.0 Å². The highest BCUT2D eigenvalue weighted by atomic mass is 35.5. The van der Waals surface area contributed by atoms with Crippen LogP contribution in [0.4, 0.5) is 8.78 Å². The molecule has 24 heavy (non-hydrogen) atoms. The Morgan fingerprint density at radius 3 is 2.71 bits per heavy atom. The van der Waals surface area contributed by atoms with E-state index in [0.29, 0.717) is 17.7 Å². The second kappa shape index (κ2) is 8.42. The van der Waals surface area contributed by atoms with Crippen LogP contribution in [-0.4, -0.2) is 13.0 Å². The molecule has 128 valence electrons. The summed E-state index contributed by atoms with van der Waals surface area (Å²) >= 11 is 11.4. The highest BCUT2D eigenvalue weighted by Gasteiger charge is 2.14. The molecule has 0 aliphatic heterocycles. The van der Waals surface area contributed by atoms with Crippen molar-refractivity contribution in [2.24, 2.45) is 0 Å². The Morgan fingerprint density at radius 2 is 2.00 bits per heavy atom. The summed E-state index contributed by atoms with van der Waals surface area (Å²) in [4.78, 5) is 10.5. The molecular weight excluding hydrogens is 359 g/mol. The maximum Gasteiger partial charge on any atom is 0.298 e. The van der Waals surface area contributed by atoms with Crippen LogP contribution in [0.3, 0.4) is 0 Å². The van der Waals surface area contributed by atoms with Crippen molar-refractivity contribution in [2.45, 2.75) is 19.4 Å². The number of halogens is 4. The molecule has 0 radical (unpaired) electrons. The Hall–Kier alpha value is -1.69. The van der Waals surface area contributed by atoms with Crippen LogP contribution in [0.15, 0.2) is 30.3 Å². The molecule has 0 amide bonds. The molecule has 0 aliphatic rings. The molecule has 0 aromatic heterocycles. The van der Waals surface area contributed by atoms with Crippen LogP contribution < -0.4 is 10.1 Å². The third-order valence-corrected chi connectivity index (χ3v) is 4.14. The Kier molecular flexibility index (Phi) is 6.54. The number of nitrogens with one attached hydrogen (secondary N) is 1. The normalized spacial score (nSPS) is 12.0. The highest BCUT2D eigenvalue weighted by molar-refractivity contribution is 6.31. The molecule has 1 unspecified atom stereocenters. The summed E-state index contributed by atoms with van der Waals surface area (Å²) in [6.45, 7) is 2.73. The molecular formula is C17H15Cl2F2NO2. The van der Waals surface area contributed by atoms with Crippen LogP contribution in [0, 0.1) is 11.6 Å². The van der Waals surface area contributed by atoms with E-state index in [-0.39, 0.29) is 34.7 Å². The Balaban J connectivity index is 2.05. The minimum Gasteiger partial charge on any atom is -0.428 e. The Labute approximate surface area is 148 Å². The van der Waals surface area contributed by atoms with Gasteiger partial charge in [0, 0.05) is 24.7 Å². The summed E-state index contributed by atoms with van der Waals surface area (Å²) in [6, 6.07) is 7.26. The van der Waals surface area contributed by atoms with Gasteiger partial charge >= 0.3 is 0 Å². The highest BCUT2D eigenvalue weighted by Crippen LogP contribution is 2.27. The predicted octanol–water partition coefficient (Wildman–Crippen LogP) is 4.70. The topological polar surface area (TPSA) is 38.3 Å². The fourth-order valence-electron chi connectivity index (χ4n) is 2.30. The van der Waals surface area contributed by atoms with Crippen molar-refractivity contribution in [1.29, 1.82) is 0 Å². The van der Waals surface area contributed by atoms with Crippen molar-refractivity contribution in [2.75, 3.05) is 6.54 Å². The van der Waals surface area contributed by atoms with Gasteiger partial charge in [-0.05, 0) is 23.6 Å². The average Bonchev–Trinajstić information content (AvgIpc) is 2.54. The van der Waals surface area contributed by atoms with E-state index < -0.39 is 11.6 Å². The molecule has 1 N–H and O–H groups in total. The lowest BCUT2D eigenvalue weighted by Crippen LogP contribution is -2.21. The minimum absolute atomic E-state index is 0.0702. The number of carbonyl (C=O) groups is 1. The van der Waals surface area contributed by atoms with Crippen molar-refractivity contribution >= 4 is 29.7 Å². The molecule has 0 saturated carbocycles. The average molecular weight is 374 g/mol. The third-order valence-electron chi connectivity index (χ3n) is 3.56. The maximum atomic E-state index is 14.0. The van der Waals surface area contributed by atoms with Crippen molar-refractivity contribution in [3.63, 3.8) is 0 Å². The summed E-state index contributed by atoms with van der Waals surface area (Å²) in [5, 5.41) is 3.01. The standard InChI is InChI=1S/C17H15Cl2F2NO2/c1-10(12-3-2-4-13(18)17(12)21)7-22-8-11-5-15(20)14(19)6-16(11)24-9-23/h2-6,9-10,22H,7-8H2,1H3. The minimum atomic E-state index is -0.611. The van der Waals surface area contributed by atoms with E-state index in [4.69, 9.17) is 27.9 Å². The molecule has 0 saturated heterocycles. The predicted molar refractivity (Wildman–Crippen MR) is 89.6 cm³/mol. The SMILES string of the molecule is CC(CNCc1cc(F)c(Cl)cc1OC=O)c1cccc(Cl)c1F. The molecule has 0 bridgehead atoms. The number of hydrogen-bond acceptors (Lipinski definition) is 3. The summed E-state index contributed by atoms with van der Waals surface area (Å²) in [5.41, 5.74) is 0.921. The Bertz CT molecular complexity index is 741. The van der Waals surface area contributed by atoms with Crippen LogP contribution >= 0.6 is 23.2 Å². The molecule has 0 aliphatic carbocycles. The van der Waals surface area contributed by atoms with Gasteiger partial charge in [-0.15, -0.1) is 0 Å². The summed E-state index contributed by atoms with van der Waals surface area (Å²) < 4.78 is 32.4. The molecule has 3 nitrogen and oxygen atoms in total. The van der Waals surface area contributed by atoms with Gasteiger partial charge in [0.1, 0.15) is 17.4 Å². The number of benzene rings is 2. The van der Waals surface area contributed by atoms with Gasteiger partial charge in [-0.1, -0.05) is 42.3 Å². The molecule has 1 atom stereocenters. The zero-order valence-corrected chi connectivity index (χ0v) is 14.3. The largest absolute Gasteiger partial charge is 0.428 e. The van der Waals surface area contributed by atoms with Gasteiger partial charge in [0.25, 0.3) is 6.47 Å². The van der Waals surface area contributed by atoms with Gasteiger partial charge in [-0.3, -0.25) is 4.79 Å². The summed E-state index contributed by atoms with van der Waals surface area (Å²) in [5.74, 6) is -1.04. The molecule has 2 rings (SSSR count). The van der Waals surface area contributed by atoms with Gasteiger partial charge in [-0.25, -0.2) is 8.78 Å². The summed E-state index contributed by atoms with van der Waals surface area (Å²) in [6.07, 6.45) is 0. The second-order valence-corrected chi connectivity index (χ2v) is 6.08. The van der Waals surface area contributed by atoms with E-state index in [0.717, 1.165) is 0 Å². The van der Waals surface area contributed by atoms with E-state index in [1.807, 2.05) is 6.92 Å². The van der Waals surface area contributed by atoms with Gasteiger partial charge in [0.05, 0.1) is 10.0 Å². The van der Waals surface area contributed by atoms with E-state index >= 15 is 0 Å².